The lowest BCUT2D eigenvalue weighted by Gasteiger charge is -2.21. The van der Waals surface area contributed by atoms with Gasteiger partial charge < -0.3 is 4.90 Å². The van der Waals surface area contributed by atoms with Gasteiger partial charge in [-0.15, -0.1) is 11.3 Å². The van der Waals surface area contributed by atoms with Crippen LogP contribution in [0.3, 0.4) is 0 Å². The number of aromatic nitrogens is 2. The molecule has 2 aromatic heterocycles. The summed E-state index contributed by atoms with van der Waals surface area (Å²) in [6.07, 6.45) is 1.48. The number of hydrogen-bond acceptors (Lipinski definition) is 4. The van der Waals surface area contributed by atoms with Gasteiger partial charge in [0.05, 0.1) is 11.7 Å². The van der Waals surface area contributed by atoms with E-state index in [0.717, 1.165) is 16.0 Å². The van der Waals surface area contributed by atoms with Crippen molar-refractivity contribution < 1.29 is 4.79 Å². The van der Waals surface area contributed by atoms with Crippen LogP contribution >= 0.6 is 11.3 Å². The number of fused-ring (bicyclic) bond motifs is 1. The summed E-state index contributed by atoms with van der Waals surface area (Å²) in [6, 6.07) is 21.6. The van der Waals surface area contributed by atoms with Crippen LogP contribution in [0, 0.1) is 0 Å². The van der Waals surface area contributed by atoms with Gasteiger partial charge in [0.15, 0.2) is 0 Å². The number of carbonyl (C=O) groups excluding carboxylic acids is 1. The van der Waals surface area contributed by atoms with Gasteiger partial charge in [0, 0.05) is 18.0 Å². The number of hydrogen-bond donors (Lipinski definition) is 0. The van der Waals surface area contributed by atoms with Crippen molar-refractivity contribution in [3.8, 4) is 10.4 Å². The van der Waals surface area contributed by atoms with E-state index in [4.69, 9.17) is 0 Å². The van der Waals surface area contributed by atoms with Crippen LogP contribution in [0.5, 0.6) is 0 Å². The third-order valence-electron chi connectivity index (χ3n) is 4.83. The van der Waals surface area contributed by atoms with E-state index < -0.39 is 0 Å². The maximum atomic E-state index is 12.9. The molecule has 4 aromatic rings. The summed E-state index contributed by atoms with van der Waals surface area (Å²) < 4.78 is 1.40. The average Bonchev–Trinajstić information content (AvgIpc) is 3.20. The lowest BCUT2D eigenvalue weighted by Crippen LogP contribution is -2.36. The quantitative estimate of drug-likeness (QED) is 0.485. The largest absolute Gasteiger partial charge is 0.337 e. The Morgan fingerprint density at radius 2 is 1.76 bits per heavy atom. The van der Waals surface area contributed by atoms with E-state index in [0.29, 0.717) is 23.3 Å². The van der Waals surface area contributed by atoms with Gasteiger partial charge in [-0.3, -0.25) is 14.2 Å². The second-order valence-electron chi connectivity index (χ2n) is 6.77. The molecule has 146 valence electrons. The molecule has 0 saturated carbocycles. The van der Waals surface area contributed by atoms with Gasteiger partial charge in [-0.1, -0.05) is 60.7 Å². The zero-order valence-corrected chi connectivity index (χ0v) is 16.9. The van der Waals surface area contributed by atoms with Crippen molar-refractivity contribution >= 4 is 27.5 Å². The van der Waals surface area contributed by atoms with Crippen molar-refractivity contribution in [2.45, 2.75) is 20.0 Å². The summed E-state index contributed by atoms with van der Waals surface area (Å²) in [5.41, 5.74) is 1.93. The van der Waals surface area contributed by atoms with Crippen LogP contribution < -0.4 is 5.56 Å². The topological polar surface area (TPSA) is 55.2 Å². The highest BCUT2D eigenvalue weighted by Gasteiger charge is 2.16. The number of carbonyl (C=O) groups is 1. The second kappa shape index (κ2) is 8.41. The highest BCUT2D eigenvalue weighted by Crippen LogP contribution is 2.30. The Hall–Kier alpha value is -3.25. The maximum Gasteiger partial charge on any atom is 0.262 e. The summed E-state index contributed by atoms with van der Waals surface area (Å²) >= 11 is 1.48. The molecule has 1 amide bonds. The van der Waals surface area contributed by atoms with Crippen LogP contribution in [0.15, 0.2) is 77.9 Å². The summed E-state index contributed by atoms with van der Waals surface area (Å²) in [5, 5.41) is 0.551. The Balaban J connectivity index is 1.58. The minimum absolute atomic E-state index is 0.0149. The highest BCUT2D eigenvalue weighted by atomic mass is 32.1. The minimum atomic E-state index is -0.183. The van der Waals surface area contributed by atoms with Gasteiger partial charge >= 0.3 is 0 Å². The number of thiophene rings is 1. The highest BCUT2D eigenvalue weighted by molar-refractivity contribution is 7.21. The van der Waals surface area contributed by atoms with Gasteiger partial charge in [-0.2, -0.15) is 0 Å². The summed E-state index contributed by atoms with van der Waals surface area (Å²) in [7, 11) is 0. The van der Waals surface area contributed by atoms with E-state index in [1.807, 2.05) is 73.7 Å². The monoisotopic (exact) mass is 403 g/mol. The smallest absolute Gasteiger partial charge is 0.262 e. The lowest BCUT2D eigenvalue weighted by molar-refractivity contribution is -0.132. The molecule has 0 radical (unpaired) electrons. The van der Waals surface area contributed by atoms with Gasteiger partial charge in [0.2, 0.25) is 5.91 Å². The van der Waals surface area contributed by atoms with Crippen LogP contribution in [-0.4, -0.2) is 26.9 Å². The fraction of sp³-hybridized carbons (Fsp3) is 0.174. The Morgan fingerprint density at radius 1 is 1.07 bits per heavy atom. The van der Waals surface area contributed by atoms with Crippen LogP contribution in [0.4, 0.5) is 0 Å². The molecular weight excluding hydrogens is 382 g/mol. The molecule has 2 aromatic carbocycles. The zero-order valence-electron chi connectivity index (χ0n) is 16.1. The molecule has 4 rings (SSSR count). The molecule has 6 heteroatoms. The molecule has 0 fully saturated rings. The summed E-state index contributed by atoms with van der Waals surface area (Å²) in [4.78, 5) is 33.6. The van der Waals surface area contributed by atoms with E-state index in [1.165, 1.54) is 22.2 Å². The second-order valence-corrected chi connectivity index (χ2v) is 7.80. The molecule has 5 nitrogen and oxygen atoms in total. The SMILES string of the molecule is CCN(Cc1ccccc1)C(=O)Cn1cnc2sc(-c3ccccc3)cc2c1=O. The molecule has 0 unspecified atom stereocenters. The third-order valence-corrected chi connectivity index (χ3v) is 5.92. The molecule has 0 spiro atoms. The summed E-state index contributed by atoms with van der Waals surface area (Å²) in [6.45, 7) is 3.03. The first-order chi connectivity index (χ1) is 14.2. The first-order valence-corrected chi connectivity index (χ1v) is 10.3. The molecule has 0 atom stereocenters. The van der Waals surface area contributed by atoms with Crippen LogP contribution in [0.25, 0.3) is 20.7 Å². The molecule has 0 N–H and O–H groups in total. The Morgan fingerprint density at radius 3 is 2.45 bits per heavy atom. The number of nitrogens with zero attached hydrogens (tertiary/aromatic N) is 3. The predicted octanol–water partition coefficient (Wildman–Crippen LogP) is 4.17. The molecule has 29 heavy (non-hydrogen) atoms. The van der Waals surface area contributed by atoms with E-state index in [-0.39, 0.29) is 18.0 Å². The van der Waals surface area contributed by atoms with Gasteiger partial charge in [0.25, 0.3) is 5.56 Å². The van der Waals surface area contributed by atoms with E-state index in [9.17, 15) is 9.59 Å². The number of likely N-dealkylation sites (N-methyl/N-ethyl adjacent to an activating group) is 1. The maximum absolute atomic E-state index is 12.9. The zero-order chi connectivity index (χ0) is 20.2. The minimum Gasteiger partial charge on any atom is -0.337 e. The van der Waals surface area contributed by atoms with Gasteiger partial charge in [-0.25, -0.2) is 4.98 Å². The molecule has 0 aliphatic carbocycles. The van der Waals surface area contributed by atoms with Crippen molar-refractivity contribution in [3.63, 3.8) is 0 Å². The Kier molecular flexibility index (Phi) is 5.53. The Labute approximate surface area is 172 Å². The fourth-order valence-corrected chi connectivity index (χ4v) is 4.24. The molecule has 0 aliphatic rings. The third kappa shape index (κ3) is 4.12. The van der Waals surface area contributed by atoms with Crippen LogP contribution in [-0.2, 0) is 17.9 Å². The van der Waals surface area contributed by atoms with Crippen molar-refractivity contribution in [2.75, 3.05) is 6.54 Å². The van der Waals surface area contributed by atoms with Crippen LogP contribution in [0.2, 0.25) is 0 Å². The predicted molar refractivity (Wildman–Crippen MR) is 117 cm³/mol. The number of rotatable bonds is 6. The first kappa shape index (κ1) is 19.1. The normalized spacial score (nSPS) is 10.9. The van der Waals surface area contributed by atoms with E-state index in [1.54, 1.807) is 4.90 Å². The van der Waals surface area contributed by atoms with E-state index >= 15 is 0 Å². The van der Waals surface area contributed by atoms with Crippen molar-refractivity contribution in [1.82, 2.24) is 14.5 Å². The first-order valence-electron chi connectivity index (χ1n) is 9.52. The van der Waals surface area contributed by atoms with Crippen molar-refractivity contribution in [3.05, 3.63) is 89.0 Å². The van der Waals surface area contributed by atoms with Crippen molar-refractivity contribution in [1.29, 1.82) is 0 Å². The Bertz CT molecular complexity index is 1180. The molecular formula is C23H21N3O2S. The average molecular weight is 404 g/mol. The fourth-order valence-electron chi connectivity index (χ4n) is 3.24. The molecule has 0 saturated heterocycles. The molecule has 0 aliphatic heterocycles. The van der Waals surface area contributed by atoms with E-state index in [2.05, 4.69) is 4.98 Å². The standard InChI is InChI=1S/C23H21N3O2S/c1-2-25(14-17-9-5-3-6-10-17)21(27)15-26-16-24-22-19(23(26)28)13-20(29-22)18-11-7-4-8-12-18/h3-13,16H,2,14-15H2,1H3. The van der Waals surface area contributed by atoms with Crippen molar-refractivity contribution in [2.24, 2.45) is 0 Å². The van der Waals surface area contributed by atoms with Crippen LogP contribution in [0.1, 0.15) is 12.5 Å². The number of amides is 1. The van der Waals surface area contributed by atoms with Gasteiger partial charge in [0.1, 0.15) is 11.4 Å². The number of benzene rings is 2. The lowest BCUT2D eigenvalue weighted by atomic mass is 10.2. The summed E-state index contributed by atoms with van der Waals surface area (Å²) in [5.74, 6) is -0.0990. The molecule has 2 heterocycles. The molecule has 0 bridgehead atoms. The van der Waals surface area contributed by atoms with Gasteiger partial charge in [-0.05, 0) is 24.1 Å².